The lowest BCUT2D eigenvalue weighted by Gasteiger charge is -2.22. The van der Waals surface area contributed by atoms with Crippen LogP contribution in [0, 0.1) is 0 Å². The van der Waals surface area contributed by atoms with Gasteiger partial charge in [-0.25, -0.2) is 4.79 Å². The van der Waals surface area contributed by atoms with E-state index in [0.29, 0.717) is 6.42 Å². The van der Waals surface area contributed by atoms with Gasteiger partial charge in [0, 0.05) is 6.42 Å². The van der Waals surface area contributed by atoms with Crippen molar-refractivity contribution in [2.75, 3.05) is 0 Å². The van der Waals surface area contributed by atoms with Gasteiger partial charge in [-0.1, -0.05) is 25.2 Å². The van der Waals surface area contributed by atoms with Gasteiger partial charge in [0.2, 0.25) is 0 Å². The molecule has 0 bridgehead atoms. The zero-order valence-electron chi connectivity index (χ0n) is 12.9. The molecule has 0 spiro atoms. The fourth-order valence-corrected chi connectivity index (χ4v) is 2.03. The van der Waals surface area contributed by atoms with Gasteiger partial charge in [0.25, 0.3) is 0 Å². The van der Waals surface area contributed by atoms with Crippen molar-refractivity contribution in [2.45, 2.75) is 70.9 Å². The Kier molecular flexibility index (Phi) is 6.27. The van der Waals surface area contributed by atoms with E-state index < -0.39 is 11.8 Å². The smallest absolute Gasteiger partial charge is 0.429 e. The summed E-state index contributed by atoms with van der Waals surface area (Å²) in [5.74, 6) is 0. The molecule has 3 atom stereocenters. The standard InChI is InChI=1S/C16H26O4/c1-6-8-9-10-13-14(11-12(7-2)18-13)19-15(17)20-16(3,4)5/h7-9,12-14H,2,6,10-11H2,1,3-5H3/b9-8+/t12-,13-,14-/m0/s1. The van der Waals surface area contributed by atoms with Crippen LogP contribution in [0.15, 0.2) is 24.8 Å². The molecule has 0 aromatic heterocycles. The average molecular weight is 282 g/mol. The highest BCUT2D eigenvalue weighted by Gasteiger charge is 2.36. The summed E-state index contributed by atoms with van der Waals surface area (Å²) in [6.07, 6.45) is 7.10. The van der Waals surface area contributed by atoms with Crippen LogP contribution in [0.5, 0.6) is 0 Å². The monoisotopic (exact) mass is 282 g/mol. The molecule has 0 aromatic rings. The predicted octanol–water partition coefficient (Wildman–Crippen LogP) is 4.01. The molecule has 1 heterocycles. The Morgan fingerprint density at radius 3 is 2.65 bits per heavy atom. The Hall–Kier alpha value is -1.29. The van der Waals surface area contributed by atoms with Crippen molar-refractivity contribution in [1.82, 2.24) is 0 Å². The summed E-state index contributed by atoms with van der Waals surface area (Å²) < 4.78 is 16.4. The van der Waals surface area contributed by atoms with Gasteiger partial charge in [-0.15, -0.1) is 6.58 Å². The lowest BCUT2D eigenvalue weighted by Crippen LogP contribution is -2.31. The van der Waals surface area contributed by atoms with Gasteiger partial charge >= 0.3 is 6.16 Å². The first-order valence-corrected chi connectivity index (χ1v) is 7.18. The first kappa shape index (κ1) is 16.8. The Morgan fingerprint density at radius 2 is 2.10 bits per heavy atom. The zero-order chi connectivity index (χ0) is 15.2. The Morgan fingerprint density at radius 1 is 1.40 bits per heavy atom. The lowest BCUT2D eigenvalue weighted by atomic mass is 10.1. The van der Waals surface area contributed by atoms with Gasteiger partial charge in [0.15, 0.2) is 0 Å². The maximum atomic E-state index is 11.7. The van der Waals surface area contributed by atoms with Crippen molar-refractivity contribution in [3.05, 3.63) is 24.8 Å². The number of carbonyl (C=O) groups excluding carboxylic acids is 1. The van der Waals surface area contributed by atoms with Crippen LogP contribution in [0.25, 0.3) is 0 Å². The van der Waals surface area contributed by atoms with Crippen LogP contribution in [-0.4, -0.2) is 30.1 Å². The predicted molar refractivity (Wildman–Crippen MR) is 78.6 cm³/mol. The molecule has 1 aliphatic heterocycles. The van der Waals surface area contributed by atoms with Gasteiger partial charge < -0.3 is 14.2 Å². The Bertz CT molecular complexity index is 354. The van der Waals surface area contributed by atoms with Gasteiger partial charge in [-0.3, -0.25) is 0 Å². The first-order chi connectivity index (χ1) is 9.35. The van der Waals surface area contributed by atoms with E-state index in [-0.39, 0.29) is 18.3 Å². The molecular formula is C16H26O4. The molecule has 20 heavy (non-hydrogen) atoms. The van der Waals surface area contributed by atoms with E-state index in [1.165, 1.54) is 0 Å². The maximum absolute atomic E-state index is 11.7. The Balaban J connectivity index is 2.57. The number of allylic oxidation sites excluding steroid dienone is 1. The third-order valence-electron chi connectivity index (χ3n) is 2.90. The minimum absolute atomic E-state index is 0.0672. The fraction of sp³-hybridized carbons (Fsp3) is 0.688. The van der Waals surface area contributed by atoms with Crippen molar-refractivity contribution < 1.29 is 19.0 Å². The highest BCUT2D eigenvalue weighted by atomic mass is 16.7. The molecule has 0 amide bonds. The summed E-state index contributed by atoms with van der Waals surface area (Å²) in [5.41, 5.74) is -0.550. The largest absolute Gasteiger partial charge is 0.509 e. The molecule has 4 heteroatoms. The minimum atomic E-state index is -0.639. The van der Waals surface area contributed by atoms with Crippen molar-refractivity contribution >= 4 is 6.16 Å². The summed E-state index contributed by atoms with van der Waals surface area (Å²) in [7, 11) is 0. The third kappa shape index (κ3) is 5.78. The lowest BCUT2D eigenvalue weighted by molar-refractivity contribution is -0.0453. The van der Waals surface area contributed by atoms with Crippen LogP contribution in [0.1, 0.15) is 47.0 Å². The quantitative estimate of drug-likeness (QED) is 0.564. The fourth-order valence-electron chi connectivity index (χ4n) is 2.03. The van der Waals surface area contributed by atoms with Crippen molar-refractivity contribution in [1.29, 1.82) is 0 Å². The zero-order valence-corrected chi connectivity index (χ0v) is 12.9. The summed E-state index contributed by atoms with van der Waals surface area (Å²) in [6.45, 7) is 11.2. The second-order valence-corrected chi connectivity index (χ2v) is 5.92. The van der Waals surface area contributed by atoms with Gasteiger partial charge in [-0.05, 0) is 33.6 Å². The number of hydrogen-bond donors (Lipinski definition) is 0. The molecule has 114 valence electrons. The van der Waals surface area contributed by atoms with Crippen molar-refractivity contribution in [3.8, 4) is 0 Å². The van der Waals surface area contributed by atoms with Gasteiger partial charge in [-0.2, -0.15) is 0 Å². The van der Waals surface area contributed by atoms with Crippen LogP contribution in [-0.2, 0) is 14.2 Å². The maximum Gasteiger partial charge on any atom is 0.509 e. The number of hydrogen-bond acceptors (Lipinski definition) is 4. The van der Waals surface area contributed by atoms with E-state index in [4.69, 9.17) is 14.2 Å². The van der Waals surface area contributed by atoms with E-state index in [9.17, 15) is 4.79 Å². The average Bonchev–Trinajstić information content (AvgIpc) is 2.69. The van der Waals surface area contributed by atoms with E-state index in [1.54, 1.807) is 6.08 Å². The third-order valence-corrected chi connectivity index (χ3v) is 2.90. The number of ether oxygens (including phenoxy) is 3. The molecule has 4 nitrogen and oxygen atoms in total. The van der Waals surface area contributed by atoms with Crippen molar-refractivity contribution in [3.63, 3.8) is 0 Å². The highest BCUT2D eigenvalue weighted by Crippen LogP contribution is 2.27. The van der Waals surface area contributed by atoms with E-state index >= 15 is 0 Å². The SMILES string of the molecule is C=C[C@H]1C[C@H](OC(=O)OC(C)(C)C)[C@H](C/C=C/CC)O1. The van der Waals surface area contributed by atoms with Gasteiger partial charge in [0.1, 0.15) is 11.7 Å². The molecule has 0 saturated carbocycles. The molecule has 1 aliphatic rings. The molecule has 0 unspecified atom stereocenters. The van der Waals surface area contributed by atoms with Crippen LogP contribution in [0.4, 0.5) is 4.79 Å². The van der Waals surface area contributed by atoms with E-state index in [0.717, 1.165) is 12.8 Å². The molecule has 0 N–H and O–H groups in total. The minimum Gasteiger partial charge on any atom is -0.429 e. The molecule has 1 rings (SSSR count). The normalized spacial score (nSPS) is 26.7. The summed E-state index contributed by atoms with van der Waals surface area (Å²) in [5, 5.41) is 0. The number of carbonyl (C=O) groups is 1. The molecule has 0 radical (unpaired) electrons. The Labute approximate surface area is 121 Å². The molecule has 0 aromatic carbocycles. The van der Waals surface area contributed by atoms with E-state index in [1.807, 2.05) is 20.8 Å². The second-order valence-electron chi connectivity index (χ2n) is 5.92. The molecule has 1 saturated heterocycles. The number of rotatable bonds is 5. The van der Waals surface area contributed by atoms with E-state index in [2.05, 4.69) is 25.7 Å². The van der Waals surface area contributed by atoms with Crippen LogP contribution >= 0.6 is 0 Å². The highest BCUT2D eigenvalue weighted by molar-refractivity contribution is 5.60. The molecule has 1 fully saturated rings. The first-order valence-electron chi connectivity index (χ1n) is 7.18. The molecular weight excluding hydrogens is 256 g/mol. The van der Waals surface area contributed by atoms with Crippen LogP contribution in [0.2, 0.25) is 0 Å². The molecule has 0 aliphatic carbocycles. The summed E-state index contributed by atoms with van der Waals surface area (Å²) in [4.78, 5) is 11.7. The van der Waals surface area contributed by atoms with Gasteiger partial charge in [0.05, 0.1) is 12.2 Å². The van der Waals surface area contributed by atoms with Crippen molar-refractivity contribution in [2.24, 2.45) is 0 Å². The summed E-state index contributed by atoms with van der Waals surface area (Å²) >= 11 is 0. The summed E-state index contributed by atoms with van der Waals surface area (Å²) in [6, 6.07) is 0. The van der Waals surface area contributed by atoms with Crippen LogP contribution in [0.3, 0.4) is 0 Å². The topological polar surface area (TPSA) is 44.8 Å². The second kappa shape index (κ2) is 7.48. The van der Waals surface area contributed by atoms with Crippen LogP contribution < -0.4 is 0 Å².